The van der Waals surface area contributed by atoms with Crippen molar-refractivity contribution in [1.29, 1.82) is 0 Å². The Morgan fingerprint density at radius 3 is 2.65 bits per heavy atom. The number of likely N-dealkylation sites (N-methyl/N-ethyl adjacent to an activating group) is 1. The van der Waals surface area contributed by atoms with Gasteiger partial charge in [0.05, 0.1) is 7.11 Å². The molecule has 0 atom stereocenters. The molecule has 0 aliphatic heterocycles. The Hall–Kier alpha value is -1.75. The molecule has 1 amide bonds. The number of methoxy groups -OCH3 is 1. The van der Waals surface area contributed by atoms with E-state index in [9.17, 15) is 4.79 Å². The summed E-state index contributed by atoms with van der Waals surface area (Å²) in [5, 5.41) is 3.07. The predicted molar refractivity (Wildman–Crippen MR) is 79.2 cm³/mol. The fraction of sp³-hybridized carbons (Fsp3) is 0.533. The van der Waals surface area contributed by atoms with Crippen molar-refractivity contribution in [3.8, 4) is 11.5 Å². The first-order valence-electron chi connectivity index (χ1n) is 6.69. The van der Waals surface area contributed by atoms with Gasteiger partial charge in [-0.3, -0.25) is 4.79 Å². The SMILES string of the molecule is CNCc1cc(OC)ccc1OCC(=O)N(C)C(C)C. The van der Waals surface area contributed by atoms with Crippen LogP contribution in [-0.2, 0) is 11.3 Å². The second kappa shape index (κ2) is 7.75. The Morgan fingerprint density at radius 2 is 2.10 bits per heavy atom. The van der Waals surface area contributed by atoms with Crippen molar-refractivity contribution in [3.63, 3.8) is 0 Å². The molecule has 5 heteroatoms. The molecule has 5 nitrogen and oxygen atoms in total. The molecule has 0 saturated carbocycles. The first-order chi connectivity index (χ1) is 9.49. The second-order valence-electron chi connectivity index (χ2n) is 4.89. The number of amides is 1. The van der Waals surface area contributed by atoms with Crippen LogP contribution >= 0.6 is 0 Å². The van der Waals surface area contributed by atoms with Crippen molar-refractivity contribution < 1.29 is 14.3 Å². The van der Waals surface area contributed by atoms with Crippen LogP contribution in [0, 0.1) is 0 Å². The molecule has 0 aliphatic carbocycles. The van der Waals surface area contributed by atoms with Gasteiger partial charge >= 0.3 is 0 Å². The number of hydrogen-bond acceptors (Lipinski definition) is 4. The molecule has 0 spiro atoms. The molecule has 0 fully saturated rings. The summed E-state index contributed by atoms with van der Waals surface area (Å²) in [6, 6.07) is 5.72. The lowest BCUT2D eigenvalue weighted by atomic mass is 10.2. The van der Waals surface area contributed by atoms with E-state index in [0.717, 1.165) is 11.3 Å². The molecular formula is C15H24N2O3. The number of carbonyl (C=O) groups excluding carboxylic acids is 1. The predicted octanol–water partition coefficient (Wildman–Crippen LogP) is 1.66. The molecule has 0 aliphatic rings. The van der Waals surface area contributed by atoms with E-state index in [-0.39, 0.29) is 18.6 Å². The summed E-state index contributed by atoms with van der Waals surface area (Å²) in [5.74, 6) is 1.44. The van der Waals surface area contributed by atoms with Gasteiger partial charge < -0.3 is 19.7 Å². The maximum Gasteiger partial charge on any atom is 0.260 e. The normalized spacial score (nSPS) is 10.5. The molecule has 0 saturated heterocycles. The lowest BCUT2D eigenvalue weighted by Gasteiger charge is -2.22. The highest BCUT2D eigenvalue weighted by Crippen LogP contribution is 2.24. The summed E-state index contributed by atoms with van der Waals surface area (Å²) in [4.78, 5) is 13.6. The fourth-order valence-corrected chi connectivity index (χ4v) is 1.68. The number of benzene rings is 1. The van der Waals surface area contributed by atoms with Gasteiger partial charge in [-0.1, -0.05) is 0 Å². The zero-order valence-corrected chi connectivity index (χ0v) is 12.9. The molecule has 1 aromatic carbocycles. The monoisotopic (exact) mass is 280 g/mol. The van der Waals surface area contributed by atoms with E-state index in [1.807, 2.05) is 39.1 Å². The van der Waals surface area contributed by atoms with E-state index in [0.29, 0.717) is 12.3 Å². The lowest BCUT2D eigenvalue weighted by Crippen LogP contribution is -2.36. The van der Waals surface area contributed by atoms with E-state index in [4.69, 9.17) is 9.47 Å². The van der Waals surface area contributed by atoms with Crippen LogP contribution in [0.5, 0.6) is 11.5 Å². The number of rotatable bonds is 7. The molecule has 1 rings (SSSR count). The highest BCUT2D eigenvalue weighted by molar-refractivity contribution is 5.77. The first-order valence-corrected chi connectivity index (χ1v) is 6.69. The zero-order chi connectivity index (χ0) is 15.1. The Balaban J connectivity index is 2.74. The van der Waals surface area contributed by atoms with E-state index >= 15 is 0 Å². The largest absolute Gasteiger partial charge is 0.497 e. The van der Waals surface area contributed by atoms with Gasteiger partial charge in [-0.05, 0) is 39.1 Å². The molecule has 20 heavy (non-hydrogen) atoms. The smallest absolute Gasteiger partial charge is 0.260 e. The van der Waals surface area contributed by atoms with Crippen LogP contribution in [0.2, 0.25) is 0 Å². The molecule has 0 heterocycles. The number of hydrogen-bond donors (Lipinski definition) is 1. The summed E-state index contributed by atoms with van der Waals surface area (Å²) in [6.07, 6.45) is 0. The Morgan fingerprint density at radius 1 is 1.40 bits per heavy atom. The average molecular weight is 280 g/mol. The van der Waals surface area contributed by atoms with Gasteiger partial charge in [0.2, 0.25) is 0 Å². The molecule has 112 valence electrons. The van der Waals surface area contributed by atoms with Gasteiger partial charge in [0.1, 0.15) is 11.5 Å². The molecule has 1 N–H and O–H groups in total. The summed E-state index contributed by atoms with van der Waals surface area (Å²) in [6.45, 7) is 4.63. The van der Waals surface area contributed by atoms with E-state index in [2.05, 4.69) is 5.32 Å². The minimum Gasteiger partial charge on any atom is -0.497 e. The molecule has 0 unspecified atom stereocenters. The summed E-state index contributed by atoms with van der Waals surface area (Å²) in [7, 11) is 5.26. The number of ether oxygens (including phenoxy) is 2. The minimum atomic E-state index is -0.0359. The highest BCUT2D eigenvalue weighted by Gasteiger charge is 2.13. The molecule has 0 radical (unpaired) electrons. The van der Waals surface area contributed by atoms with E-state index in [1.54, 1.807) is 19.1 Å². The highest BCUT2D eigenvalue weighted by atomic mass is 16.5. The average Bonchev–Trinajstić information content (AvgIpc) is 2.44. The van der Waals surface area contributed by atoms with Crippen molar-refractivity contribution in [2.45, 2.75) is 26.4 Å². The number of nitrogens with zero attached hydrogens (tertiary/aromatic N) is 1. The van der Waals surface area contributed by atoms with Crippen LogP contribution in [-0.4, -0.2) is 44.7 Å². The summed E-state index contributed by atoms with van der Waals surface area (Å²) < 4.78 is 10.8. The topological polar surface area (TPSA) is 50.8 Å². The van der Waals surface area contributed by atoms with Crippen LogP contribution in [0.3, 0.4) is 0 Å². The number of nitrogens with one attached hydrogen (secondary N) is 1. The van der Waals surface area contributed by atoms with E-state index in [1.165, 1.54) is 0 Å². The van der Waals surface area contributed by atoms with Gasteiger partial charge in [-0.25, -0.2) is 0 Å². The maximum absolute atomic E-state index is 11.9. The third-order valence-corrected chi connectivity index (χ3v) is 3.15. The number of carbonyl (C=O) groups is 1. The first kappa shape index (κ1) is 16.3. The van der Waals surface area contributed by atoms with Crippen molar-refractivity contribution in [2.75, 3.05) is 27.8 Å². The van der Waals surface area contributed by atoms with Crippen LogP contribution in [0.1, 0.15) is 19.4 Å². The Kier molecular flexibility index (Phi) is 6.31. The third-order valence-electron chi connectivity index (χ3n) is 3.15. The summed E-state index contributed by atoms with van der Waals surface area (Å²) in [5.41, 5.74) is 0.965. The van der Waals surface area contributed by atoms with Gasteiger partial charge in [-0.15, -0.1) is 0 Å². The standard InChI is InChI=1S/C15H24N2O3/c1-11(2)17(4)15(18)10-20-14-7-6-13(19-5)8-12(14)9-16-3/h6-8,11,16H,9-10H2,1-5H3. The molecular weight excluding hydrogens is 256 g/mol. The van der Waals surface area contributed by atoms with Crippen molar-refractivity contribution in [2.24, 2.45) is 0 Å². The molecule has 1 aromatic rings. The van der Waals surface area contributed by atoms with Crippen LogP contribution in [0.15, 0.2) is 18.2 Å². The quantitative estimate of drug-likeness (QED) is 0.825. The molecule has 0 bridgehead atoms. The van der Waals surface area contributed by atoms with Crippen LogP contribution in [0.4, 0.5) is 0 Å². The van der Waals surface area contributed by atoms with Crippen LogP contribution in [0.25, 0.3) is 0 Å². The van der Waals surface area contributed by atoms with Gasteiger partial charge in [0.25, 0.3) is 5.91 Å². The van der Waals surface area contributed by atoms with Crippen molar-refractivity contribution in [1.82, 2.24) is 10.2 Å². The minimum absolute atomic E-state index is 0.0359. The lowest BCUT2D eigenvalue weighted by molar-refractivity contribution is -0.133. The third kappa shape index (κ3) is 4.42. The zero-order valence-electron chi connectivity index (χ0n) is 12.9. The Labute approximate surface area is 120 Å². The summed E-state index contributed by atoms with van der Waals surface area (Å²) >= 11 is 0. The fourth-order valence-electron chi connectivity index (χ4n) is 1.68. The van der Waals surface area contributed by atoms with E-state index < -0.39 is 0 Å². The van der Waals surface area contributed by atoms with Crippen LogP contribution < -0.4 is 14.8 Å². The second-order valence-corrected chi connectivity index (χ2v) is 4.89. The Bertz CT molecular complexity index is 447. The van der Waals surface area contributed by atoms with Gasteiger partial charge in [0, 0.05) is 25.2 Å². The van der Waals surface area contributed by atoms with Gasteiger partial charge in [-0.2, -0.15) is 0 Å². The molecule has 0 aromatic heterocycles. The van der Waals surface area contributed by atoms with Gasteiger partial charge in [0.15, 0.2) is 6.61 Å². The maximum atomic E-state index is 11.9. The van der Waals surface area contributed by atoms with Crippen molar-refractivity contribution in [3.05, 3.63) is 23.8 Å². The van der Waals surface area contributed by atoms with Crippen molar-refractivity contribution >= 4 is 5.91 Å².